The summed E-state index contributed by atoms with van der Waals surface area (Å²) in [6.45, 7) is 5.49. The topological polar surface area (TPSA) is 124 Å². The summed E-state index contributed by atoms with van der Waals surface area (Å²) < 4.78 is 61.8. The summed E-state index contributed by atoms with van der Waals surface area (Å²) in [5, 5.41) is -0.458. The van der Waals surface area contributed by atoms with Crippen LogP contribution in [0.15, 0.2) is 65.7 Å². The lowest BCUT2D eigenvalue weighted by atomic mass is 10.1. The van der Waals surface area contributed by atoms with Crippen LogP contribution in [-0.4, -0.2) is 24.3 Å². The fraction of sp³-hybridized carbons (Fsp3) is 0.115. The van der Waals surface area contributed by atoms with Crippen LogP contribution in [0, 0.1) is 32.4 Å². The fourth-order valence-corrected chi connectivity index (χ4v) is 4.72. The number of benzene rings is 2. The molecule has 0 spiro atoms. The molecule has 0 saturated carbocycles. The Bertz CT molecular complexity index is 1620. The average Bonchev–Trinajstić information content (AvgIpc) is 2.82. The molecule has 1 amide bonds. The number of hydrogen-bond donors (Lipinski definition) is 2. The number of nitrogens with two attached hydrogens (primary N) is 1. The normalized spacial score (nSPS) is 11.3. The second-order valence-electron chi connectivity index (χ2n) is 8.32. The maximum atomic E-state index is 14.5. The molecule has 8 nitrogen and oxygen atoms in total. The first-order valence-corrected chi connectivity index (χ1v) is 12.5. The molecular formula is C26H22F2N4O4S. The first-order chi connectivity index (χ1) is 17.5. The molecule has 190 valence electrons. The van der Waals surface area contributed by atoms with E-state index in [1.807, 2.05) is 23.8 Å². The van der Waals surface area contributed by atoms with Gasteiger partial charge in [-0.25, -0.2) is 23.5 Å². The molecule has 0 atom stereocenters. The minimum absolute atomic E-state index is 0.0219. The largest absolute Gasteiger partial charge is 0.438 e. The van der Waals surface area contributed by atoms with Gasteiger partial charge in [0.15, 0.2) is 16.7 Å². The highest BCUT2D eigenvalue weighted by Crippen LogP contribution is 2.33. The minimum Gasteiger partial charge on any atom is -0.438 e. The third-order valence-electron chi connectivity index (χ3n) is 5.38. The van der Waals surface area contributed by atoms with E-state index >= 15 is 0 Å². The van der Waals surface area contributed by atoms with Gasteiger partial charge in [0.2, 0.25) is 5.88 Å². The Morgan fingerprint density at radius 3 is 2.30 bits per heavy atom. The number of anilines is 1. The smallest absolute Gasteiger partial charge is 0.281 e. The van der Waals surface area contributed by atoms with Crippen molar-refractivity contribution >= 4 is 21.7 Å². The summed E-state index contributed by atoms with van der Waals surface area (Å²) in [5.41, 5.74) is 7.55. The molecule has 11 heteroatoms. The van der Waals surface area contributed by atoms with Crippen molar-refractivity contribution in [2.75, 3.05) is 5.73 Å². The number of nitrogen functional groups attached to an aromatic ring is 1. The first kappa shape index (κ1) is 25.7. The zero-order chi connectivity index (χ0) is 26.9. The van der Waals surface area contributed by atoms with E-state index in [4.69, 9.17) is 10.5 Å². The number of nitrogens with zero attached hydrogens (tertiary/aromatic N) is 2. The van der Waals surface area contributed by atoms with Gasteiger partial charge >= 0.3 is 0 Å². The molecule has 0 fully saturated rings. The van der Waals surface area contributed by atoms with E-state index in [2.05, 4.69) is 9.97 Å². The maximum Gasteiger partial charge on any atom is 0.281 e. The predicted molar refractivity (Wildman–Crippen MR) is 134 cm³/mol. The van der Waals surface area contributed by atoms with Gasteiger partial charge in [0.05, 0.1) is 5.69 Å². The number of pyridine rings is 2. The molecule has 2 aromatic carbocycles. The molecule has 0 saturated heterocycles. The van der Waals surface area contributed by atoms with Gasteiger partial charge in [-0.15, -0.1) is 0 Å². The first-order valence-electron chi connectivity index (χ1n) is 11.0. The number of nitrogens with one attached hydrogen (secondary N) is 1. The lowest BCUT2D eigenvalue weighted by molar-refractivity contribution is 0.0978. The van der Waals surface area contributed by atoms with Crippen LogP contribution in [0.25, 0.3) is 11.3 Å². The van der Waals surface area contributed by atoms with Gasteiger partial charge in [0.25, 0.3) is 15.9 Å². The number of ether oxygens (including phenoxy) is 1. The Hall–Kier alpha value is -4.38. The van der Waals surface area contributed by atoms with Crippen LogP contribution in [0.1, 0.15) is 27.0 Å². The summed E-state index contributed by atoms with van der Waals surface area (Å²) >= 11 is 0. The van der Waals surface area contributed by atoms with Gasteiger partial charge in [-0.05, 0) is 68.3 Å². The van der Waals surface area contributed by atoms with E-state index in [0.29, 0.717) is 5.75 Å². The van der Waals surface area contributed by atoms with E-state index in [1.165, 1.54) is 42.5 Å². The maximum absolute atomic E-state index is 14.5. The van der Waals surface area contributed by atoms with Gasteiger partial charge in [-0.3, -0.25) is 4.79 Å². The number of carbonyl (C=O) groups is 1. The average molecular weight is 525 g/mol. The van der Waals surface area contributed by atoms with Crippen molar-refractivity contribution in [3.05, 3.63) is 94.6 Å². The zero-order valence-electron chi connectivity index (χ0n) is 20.0. The number of hydrogen-bond acceptors (Lipinski definition) is 7. The fourth-order valence-electron chi connectivity index (χ4n) is 3.78. The standard InChI is InChI=1S/C26H22F2N4O4S/c1-14-12-15(2)24(16(3)13-14)36-26-18(10-11-20(30-26)17-6-4-7-19(27)23(17)28)25(33)32-37(34,35)22-9-5-8-21(29)31-22/h4-13H,1-3H3,(H2,29,31)(H,32,33). The highest BCUT2D eigenvalue weighted by atomic mass is 32.2. The van der Waals surface area contributed by atoms with Crippen LogP contribution in [0.3, 0.4) is 0 Å². The predicted octanol–water partition coefficient (Wildman–Crippen LogP) is 4.84. The van der Waals surface area contributed by atoms with Crippen LogP contribution in [0.5, 0.6) is 11.6 Å². The number of rotatable bonds is 6. The van der Waals surface area contributed by atoms with Crippen LogP contribution in [-0.2, 0) is 10.0 Å². The molecule has 4 rings (SSSR count). The Labute approximate surface area is 212 Å². The number of sulfonamides is 1. The third kappa shape index (κ3) is 5.41. The van der Waals surface area contributed by atoms with Gasteiger partial charge < -0.3 is 10.5 Å². The molecule has 0 aliphatic heterocycles. The summed E-state index contributed by atoms with van der Waals surface area (Å²) in [5.74, 6) is -3.24. The number of amides is 1. The molecule has 0 aliphatic carbocycles. The second-order valence-corrected chi connectivity index (χ2v) is 9.95. The third-order valence-corrected chi connectivity index (χ3v) is 6.62. The van der Waals surface area contributed by atoms with Crippen molar-refractivity contribution < 1.29 is 26.7 Å². The Morgan fingerprint density at radius 2 is 1.62 bits per heavy atom. The minimum atomic E-state index is -4.40. The molecule has 0 radical (unpaired) electrons. The van der Waals surface area contributed by atoms with Gasteiger partial charge in [0.1, 0.15) is 17.1 Å². The summed E-state index contributed by atoms with van der Waals surface area (Å²) in [7, 11) is -4.40. The van der Waals surface area contributed by atoms with Gasteiger partial charge in [0, 0.05) is 5.56 Å². The highest BCUT2D eigenvalue weighted by Gasteiger charge is 2.25. The summed E-state index contributed by atoms with van der Waals surface area (Å²) in [6.07, 6.45) is 0. The Morgan fingerprint density at radius 1 is 0.946 bits per heavy atom. The van der Waals surface area contributed by atoms with Crippen molar-refractivity contribution in [2.24, 2.45) is 0 Å². The van der Waals surface area contributed by atoms with Gasteiger partial charge in [-0.1, -0.05) is 29.8 Å². The Kier molecular flexibility index (Phi) is 6.90. The van der Waals surface area contributed by atoms with Crippen molar-refractivity contribution in [3.63, 3.8) is 0 Å². The lowest BCUT2D eigenvalue weighted by Gasteiger charge is -2.16. The van der Waals surface area contributed by atoms with Crippen LogP contribution >= 0.6 is 0 Å². The molecule has 0 aliphatic rings. The van der Waals surface area contributed by atoms with Crippen LogP contribution in [0.4, 0.5) is 14.6 Å². The monoisotopic (exact) mass is 524 g/mol. The molecular weight excluding hydrogens is 502 g/mol. The lowest BCUT2D eigenvalue weighted by Crippen LogP contribution is -2.31. The van der Waals surface area contributed by atoms with E-state index < -0.39 is 32.6 Å². The quantitative estimate of drug-likeness (QED) is 0.370. The van der Waals surface area contributed by atoms with E-state index in [9.17, 15) is 22.0 Å². The van der Waals surface area contributed by atoms with Crippen molar-refractivity contribution in [2.45, 2.75) is 25.8 Å². The SMILES string of the molecule is Cc1cc(C)c(Oc2nc(-c3cccc(F)c3F)ccc2C(=O)NS(=O)(=O)c2cccc(N)n2)c(C)c1. The van der Waals surface area contributed by atoms with E-state index in [-0.39, 0.29) is 28.5 Å². The molecule has 0 bridgehead atoms. The van der Waals surface area contributed by atoms with Gasteiger partial charge in [-0.2, -0.15) is 8.42 Å². The molecule has 4 aromatic rings. The Balaban J connectivity index is 1.81. The second kappa shape index (κ2) is 9.94. The molecule has 0 unspecified atom stereocenters. The van der Waals surface area contributed by atoms with Crippen molar-refractivity contribution in [3.8, 4) is 22.9 Å². The summed E-state index contributed by atoms with van der Waals surface area (Å²) in [4.78, 5) is 21.1. The van der Waals surface area contributed by atoms with Crippen molar-refractivity contribution in [1.82, 2.24) is 14.7 Å². The van der Waals surface area contributed by atoms with Crippen LogP contribution in [0.2, 0.25) is 0 Å². The molecule has 3 N–H and O–H groups in total. The molecule has 37 heavy (non-hydrogen) atoms. The highest BCUT2D eigenvalue weighted by molar-refractivity contribution is 7.90. The molecule has 2 aromatic heterocycles. The van der Waals surface area contributed by atoms with Crippen molar-refractivity contribution in [1.29, 1.82) is 0 Å². The van der Waals surface area contributed by atoms with Crippen LogP contribution < -0.4 is 15.2 Å². The molecule has 2 heterocycles. The number of halogens is 2. The number of aromatic nitrogens is 2. The number of carbonyl (C=O) groups excluding carboxylic acids is 1. The van der Waals surface area contributed by atoms with E-state index in [0.717, 1.165) is 22.8 Å². The summed E-state index contributed by atoms with van der Waals surface area (Å²) in [6, 6.07) is 13.7. The van der Waals surface area contributed by atoms with E-state index in [1.54, 1.807) is 13.8 Å². The zero-order valence-corrected chi connectivity index (χ0v) is 20.9. The number of aryl methyl sites for hydroxylation is 3.